The van der Waals surface area contributed by atoms with E-state index in [1.54, 1.807) is 18.2 Å². The van der Waals surface area contributed by atoms with E-state index in [4.69, 9.17) is 11.6 Å². The van der Waals surface area contributed by atoms with Crippen LogP contribution in [0.3, 0.4) is 0 Å². The number of carboxylic acid groups (broad SMARTS) is 1. The molecule has 0 fully saturated rings. The van der Waals surface area contributed by atoms with Gasteiger partial charge >= 0.3 is 5.97 Å². The number of thioether (sulfide) groups is 1. The molecule has 0 saturated heterocycles. The number of amides is 1. The quantitative estimate of drug-likeness (QED) is 0.911. The molecule has 1 atom stereocenters. The molecule has 1 aliphatic heterocycles. The van der Waals surface area contributed by atoms with Gasteiger partial charge in [0, 0.05) is 29.8 Å². The van der Waals surface area contributed by atoms with Crippen LogP contribution in [-0.4, -0.2) is 33.9 Å². The van der Waals surface area contributed by atoms with Crippen molar-refractivity contribution in [1.82, 2.24) is 0 Å². The van der Waals surface area contributed by atoms with Gasteiger partial charge in [0.15, 0.2) is 5.12 Å². The number of halogens is 1. The van der Waals surface area contributed by atoms with Crippen molar-refractivity contribution in [3.8, 4) is 0 Å². The summed E-state index contributed by atoms with van der Waals surface area (Å²) in [4.78, 5) is 36.2. The lowest BCUT2D eigenvalue weighted by Gasteiger charge is -2.35. The summed E-state index contributed by atoms with van der Waals surface area (Å²) in [5.74, 6) is -0.961. The lowest BCUT2D eigenvalue weighted by atomic mass is 9.95. The molecule has 2 rings (SSSR count). The Hall–Kier alpha value is -1.53. The maximum atomic E-state index is 12.4. The van der Waals surface area contributed by atoms with Gasteiger partial charge in [0.05, 0.1) is 0 Å². The summed E-state index contributed by atoms with van der Waals surface area (Å²) in [5.41, 5.74) is 1.47. The van der Waals surface area contributed by atoms with Crippen molar-refractivity contribution in [3.05, 3.63) is 28.8 Å². The zero-order valence-corrected chi connectivity index (χ0v) is 13.6. The second-order valence-corrected chi connectivity index (χ2v) is 6.73. The number of anilines is 1. The Morgan fingerprint density at radius 1 is 1.41 bits per heavy atom. The number of benzene rings is 1. The summed E-state index contributed by atoms with van der Waals surface area (Å²) in [6.07, 6.45) is 1.04. The second kappa shape index (κ2) is 7.15. The van der Waals surface area contributed by atoms with E-state index in [-0.39, 0.29) is 17.4 Å². The van der Waals surface area contributed by atoms with Crippen LogP contribution in [0.15, 0.2) is 18.2 Å². The van der Waals surface area contributed by atoms with E-state index in [0.717, 1.165) is 17.3 Å². The highest BCUT2D eigenvalue weighted by Gasteiger charge is 2.35. The van der Waals surface area contributed by atoms with Crippen molar-refractivity contribution in [2.24, 2.45) is 0 Å². The zero-order valence-electron chi connectivity index (χ0n) is 12.0. The monoisotopic (exact) mass is 341 g/mol. The Balaban J connectivity index is 2.25. The third-order valence-corrected chi connectivity index (χ3v) is 4.52. The number of carbonyl (C=O) groups excluding carboxylic acids is 2. The standard InChI is InChI=1S/C15H16ClNO4S/c1-9(18)22-7-6-14(19)17-12-5-3-11(16)8-10(12)2-4-13(17)15(20)21/h3,5,8,13H,2,4,6-7H2,1H3,(H,20,21)/t13-/m1/s1. The number of fused-ring (bicyclic) bond motifs is 1. The Kier molecular flexibility index (Phi) is 5.47. The van der Waals surface area contributed by atoms with E-state index in [9.17, 15) is 19.5 Å². The number of rotatable bonds is 4. The fourth-order valence-electron chi connectivity index (χ4n) is 2.52. The fraction of sp³-hybridized carbons (Fsp3) is 0.400. The van der Waals surface area contributed by atoms with Crippen molar-refractivity contribution < 1.29 is 19.5 Å². The summed E-state index contributed by atoms with van der Waals surface area (Å²) >= 11 is 7.02. The normalized spacial score (nSPS) is 17.0. The Morgan fingerprint density at radius 2 is 2.14 bits per heavy atom. The highest BCUT2D eigenvalue weighted by molar-refractivity contribution is 8.13. The number of hydrogen-bond donors (Lipinski definition) is 1. The largest absolute Gasteiger partial charge is 0.480 e. The minimum absolute atomic E-state index is 0.0617. The minimum Gasteiger partial charge on any atom is -0.480 e. The number of aryl methyl sites for hydroxylation is 1. The SMILES string of the molecule is CC(=O)SCCC(=O)N1c2ccc(Cl)cc2CC[C@@H]1C(=O)O. The van der Waals surface area contributed by atoms with Gasteiger partial charge in [0.1, 0.15) is 6.04 Å². The average molecular weight is 342 g/mol. The van der Waals surface area contributed by atoms with E-state index in [1.807, 2.05) is 0 Å². The van der Waals surface area contributed by atoms with E-state index in [2.05, 4.69) is 0 Å². The molecule has 0 unspecified atom stereocenters. The van der Waals surface area contributed by atoms with Crippen LogP contribution in [-0.2, 0) is 20.8 Å². The highest BCUT2D eigenvalue weighted by atomic mass is 35.5. The maximum Gasteiger partial charge on any atom is 0.326 e. The highest BCUT2D eigenvalue weighted by Crippen LogP contribution is 2.33. The van der Waals surface area contributed by atoms with Gasteiger partial charge in [-0.1, -0.05) is 23.4 Å². The van der Waals surface area contributed by atoms with Crippen molar-refractivity contribution in [2.45, 2.75) is 32.2 Å². The molecule has 0 radical (unpaired) electrons. The molecule has 0 spiro atoms. The third kappa shape index (κ3) is 3.81. The van der Waals surface area contributed by atoms with E-state index < -0.39 is 12.0 Å². The molecule has 1 aliphatic rings. The summed E-state index contributed by atoms with van der Waals surface area (Å²) in [5, 5.41) is 9.87. The molecule has 1 amide bonds. The van der Waals surface area contributed by atoms with Crippen LogP contribution in [0.4, 0.5) is 5.69 Å². The van der Waals surface area contributed by atoms with Crippen LogP contribution < -0.4 is 4.90 Å². The predicted molar refractivity (Wildman–Crippen MR) is 86.4 cm³/mol. The number of nitrogens with zero attached hydrogens (tertiary/aromatic N) is 1. The van der Waals surface area contributed by atoms with Crippen molar-refractivity contribution in [1.29, 1.82) is 0 Å². The molecule has 0 bridgehead atoms. The summed E-state index contributed by atoms with van der Waals surface area (Å²) in [6.45, 7) is 1.44. The van der Waals surface area contributed by atoms with Crippen molar-refractivity contribution in [3.63, 3.8) is 0 Å². The van der Waals surface area contributed by atoms with Crippen molar-refractivity contribution in [2.75, 3.05) is 10.7 Å². The lowest BCUT2D eigenvalue weighted by molar-refractivity contribution is -0.140. The van der Waals surface area contributed by atoms with Gasteiger partial charge in [0.2, 0.25) is 5.91 Å². The number of carbonyl (C=O) groups is 3. The molecule has 0 aliphatic carbocycles. The van der Waals surface area contributed by atoms with Crippen LogP contribution in [0, 0.1) is 0 Å². The first kappa shape index (κ1) is 16.8. The lowest BCUT2D eigenvalue weighted by Crippen LogP contribution is -2.48. The third-order valence-electron chi connectivity index (χ3n) is 3.47. The van der Waals surface area contributed by atoms with Crippen LogP contribution in [0.1, 0.15) is 25.3 Å². The Labute approximate surface area is 137 Å². The van der Waals surface area contributed by atoms with Gasteiger partial charge in [-0.15, -0.1) is 0 Å². The second-order valence-electron chi connectivity index (χ2n) is 5.02. The first-order chi connectivity index (χ1) is 10.4. The number of aliphatic carboxylic acids is 1. The fourth-order valence-corrected chi connectivity index (χ4v) is 3.28. The van der Waals surface area contributed by atoms with E-state index >= 15 is 0 Å². The van der Waals surface area contributed by atoms with Crippen LogP contribution in [0.5, 0.6) is 0 Å². The van der Waals surface area contributed by atoms with Crippen LogP contribution in [0.2, 0.25) is 5.02 Å². The molecule has 1 heterocycles. The maximum absolute atomic E-state index is 12.4. The minimum atomic E-state index is -1.02. The smallest absolute Gasteiger partial charge is 0.326 e. The molecule has 1 aromatic carbocycles. The molecule has 7 heteroatoms. The summed E-state index contributed by atoms with van der Waals surface area (Å²) in [7, 11) is 0. The molecular weight excluding hydrogens is 326 g/mol. The van der Waals surface area contributed by atoms with E-state index in [1.165, 1.54) is 11.8 Å². The van der Waals surface area contributed by atoms with Gasteiger partial charge < -0.3 is 5.11 Å². The zero-order chi connectivity index (χ0) is 16.3. The van der Waals surface area contributed by atoms with Gasteiger partial charge in [-0.2, -0.15) is 0 Å². The molecule has 5 nitrogen and oxygen atoms in total. The first-order valence-corrected chi connectivity index (χ1v) is 8.23. The molecule has 0 aromatic heterocycles. The van der Waals surface area contributed by atoms with Gasteiger partial charge in [-0.25, -0.2) is 4.79 Å². The first-order valence-electron chi connectivity index (χ1n) is 6.87. The molecule has 1 N–H and O–H groups in total. The molecule has 1 aromatic rings. The molecule has 118 valence electrons. The Bertz CT molecular complexity index is 620. The number of hydrogen-bond acceptors (Lipinski definition) is 4. The van der Waals surface area contributed by atoms with Gasteiger partial charge in [-0.05, 0) is 36.6 Å². The topological polar surface area (TPSA) is 74.7 Å². The molecule has 22 heavy (non-hydrogen) atoms. The average Bonchev–Trinajstić information content (AvgIpc) is 2.44. The predicted octanol–water partition coefficient (Wildman–Crippen LogP) is 2.74. The number of carboxylic acids is 1. The summed E-state index contributed by atoms with van der Waals surface area (Å²) < 4.78 is 0. The van der Waals surface area contributed by atoms with Gasteiger partial charge in [0.25, 0.3) is 0 Å². The summed E-state index contributed by atoms with van der Waals surface area (Å²) in [6, 6.07) is 4.22. The molecule has 0 saturated carbocycles. The van der Waals surface area contributed by atoms with Gasteiger partial charge in [-0.3, -0.25) is 14.5 Å². The van der Waals surface area contributed by atoms with Crippen LogP contribution >= 0.6 is 23.4 Å². The van der Waals surface area contributed by atoms with Crippen LogP contribution in [0.25, 0.3) is 0 Å². The van der Waals surface area contributed by atoms with E-state index in [0.29, 0.717) is 29.3 Å². The van der Waals surface area contributed by atoms with Crippen molar-refractivity contribution >= 4 is 46.0 Å². The Morgan fingerprint density at radius 3 is 2.77 bits per heavy atom. The molecular formula is C15H16ClNO4S.